The van der Waals surface area contributed by atoms with Gasteiger partial charge in [-0.2, -0.15) is 4.31 Å². The minimum absolute atomic E-state index is 0.0513. The number of aromatic nitrogens is 3. The fourth-order valence-corrected chi connectivity index (χ4v) is 5.16. The van der Waals surface area contributed by atoms with Crippen LogP contribution in [0.2, 0.25) is 0 Å². The van der Waals surface area contributed by atoms with Gasteiger partial charge in [-0.1, -0.05) is 17.8 Å². The number of allylic oxidation sites excluding steroid dienone is 1. The maximum atomic E-state index is 12.8. The van der Waals surface area contributed by atoms with Crippen molar-refractivity contribution in [2.75, 3.05) is 39.0 Å². The van der Waals surface area contributed by atoms with Gasteiger partial charge in [0.2, 0.25) is 15.9 Å². The van der Waals surface area contributed by atoms with E-state index in [1.165, 1.54) is 35.3 Å². The third-order valence-electron chi connectivity index (χ3n) is 4.52. The zero-order chi connectivity index (χ0) is 20.9. The molecule has 2 heterocycles. The fourth-order valence-electron chi connectivity index (χ4n) is 2.91. The number of hydrogen-bond donors (Lipinski definition) is 0. The average molecular weight is 438 g/mol. The lowest BCUT2D eigenvalue weighted by molar-refractivity contribution is -0.129. The van der Waals surface area contributed by atoms with Crippen molar-refractivity contribution in [3.63, 3.8) is 0 Å². The third-order valence-corrected chi connectivity index (χ3v) is 7.40. The van der Waals surface area contributed by atoms with Gasteiger partial charge in [-0.25, -0.2) is 8.42 Å². The molecule has 3 rings (SSSR count). The lowest BCUT2D eigenvalue weighted by Crippen LogP contribution is -2.50. The van der Waals surface area contributed by atoms with Gasteiger partial charge in [0.05, 0.1) is 17.8 Å². The van der Waals surface area contributed by atoms with Crippen LogP contribution in [-0.4, -0.2) is 77.3 Å². The van der Waals surface area contributed by atoms with E-state index >= 15 is 0 Å². The molecule has 0 atom stereocenters. The normalized spacial score (nSPS) is 15.3. The number of amides is 1. The SMILES string of the molecule is C=CCn1cnnc1SCC(=O)N1CCN(S(=O)(=O)c2ccc(OC)cc2)CC1. The summed E-state index contributed by atoms with van der Waals surface area (Å²) in [5.41, 5.74) is 0. The van der Waals surface area contributed by atoms with Crippen LogP contribution >= 0.6 is 11.8 Å². The highest BCUT2D eigenvalue weighted by atomic mass is 32.2. The maximum absolute atomic E-state index is 12.8. The predicted molar refractivity (Wildman–Crippen MR) is 109 cm³/mol. The Hall–Kier alpha value is -2.37. The Kier molecular flexibility index (Phi) is 6.93. The van der Waals surface area contributed by atoms with E-state index in [2.05, 4.69) is 16.8 Å². The van der Waals surface area contributed by atoms with Crippen LogP contribution in [0.25, 0.3) is 0 Å². The molecule has 0 aliphatic carbocycles. The van der Waals surface area contributed by atoms with E-state index in [1.807, 2.05) is 4.57 Å². The summed E-state index contributed by atoms with van der Waals surface area (Å²) in [7, 11) is -2.06. The minimum atomic E-state index is -3.59. The number of sulfonamides is 1. The van der Waals surface area contributed by atoms with E-state index in [4.69, 9.17) is 4.74 Å². The monoisotopic (exact) mass is 437 g/mol. The number of nitrogens with zero attached hydrogens (tertiary/aromatic N) is 5. The third kappa shape index (κ3) is 4.98. The Morgan fingerprint density at radius 2 is 1.93 bits per heavy atom. The highest BCUT2D eigenvalue weighted by molar-refractivity contribution is 7.99. The molecule has 1 saturated heterocycles. The van der Waals surface area contributed by atoms with Gasteiger partial charge in [-0.15, -0.1) is 16.8 Å². The first-order valence-corrected chi connectivity index (χ1v) is 11.4. The van der Waals surface area contributed by atoms with Crippen molar-refractivity contribution in [3.05, 3.63) is 43.2 Å². The van der Waals surface area contributed by atoms with E-state index in [0.717, 1.165) is 0 Å². The Balaban J connectivity index is 1.54. The molecule has 0 radical (unpaired) electrons. The van der Waals surface area contributed by atoms with Crippen molar-refractivity contribution in [1.29, 1.82) is 0 Å². The van der Waals surface area contributed by atoms with Crippen LogP contribution < -0.4 is 4.74 Å². The molecule has 1 aromatic carbocycles. The first-order valence-electron chi connectivity index (χ1n) is 8.99. The van der Waals surface area contributed by atoms with Gasteiger partial charge in [0.25, 0.3) is 0 Å². The van der Waals surface area contributed by atoms with Gasteiger partial charge in [-0.3, -0.25) is 4.79 Å². The van der Waals surface area contributed by atoms with Gasteiger partial charge in [-0.05, 0) is 24.3 Å². The number of carbonyl (C=O) groups is 1. The highest BCUT2D eigenvalue weighted by Crippen LogP contribution is 2.21. The molecular formula is C18H23N5O4S2. The molecule has 2 aromatic rings. The van der Waals surface area contributed by atoms with E-state index in [-0.39, 0.29) is 29.6 Å². The van der Waals surface area contributed by atoms with Gasteiger partial charge in [0.15, 0.2) is 5.16 Å². The minimum Gasteiger partial charge on any atom is -0.497 e. The summed E-state index contributed by atoms with van der Waals surface area (Å²) in [5.74, 6) is 0.770. The average Bonchev–Trinajstić information content (AvgIpc) is 3.19. The van der Waals surface area contributed by atoms with Crippen molar-refractivity contribution >= 4 is 27.7 Å². The van der Waals surface area contributed by atoms with Crippen LogP contribution in [0, 0.1) is 0 Å². The molecule has 0 spiro atoms. The summed E-state index contributed by atoms with van der Waals surface area (Å²) < 4.78 is 33.9. The van der Waals surface area contributed by atoms with Crippen LogP contribution in [0.15, 0.2) is 53.3 Å². The Labute approximate surface area is 174 Å². The number of ether oxygens (including phenoxy) is 1. The molecule has 1 fully saturated rings. The molecule has 0 saturated carbocycles. The predicted octanol–water partition coefficient (Wildman–Crippen LogP) is 1.10. The number of piperazine rings is 1. The molecule has 1 aliphatic rings. The first-order chi connectivity index (χ1) is 14.0. The Morgan fingerprint density at radius 1 is 1.24 bits per heavy atom. The summed E-state index contributed by atoms with van der Waals surface area (Å²) in [6, 6.07) is 6.30. The molecule has 0 N–H and O–H groups in total. The van der Waals surface area contributed by atoms with Crippen LogP contribution in [-0.2, 0) is 21.4 Å². The van der Waals surface area contributed by atoms with Gasteiger partial charge in [0.1, 0.15) is 12.1 Å². The largest absolute Gasteiger partial charge is 0.497 e. The number of carbonyl (C=O) groups excluding carboxylic acids is 1. The number of rotatable bonds is 8. The van der Waals surface area contributed by atoms with E-state index in [0.29, 0.717) is 30.5 Å². The molecule has 156 valence electrons. The number of benzene rings is 1. The quantitative estimate of drug-likeness (QED) is 0.450. The molecule has 1 amide bonds. The fraction of sp³-hybridized carbons (Fsp3) is 0.389. The Morgan fingerprint density at radius 3 is 2.55 bits per heavy atom. The first kappa shape index (κ1) is 21.3. The molecule has 0 unspecified atom stereocenters. The van der Waals surface area contributed by atoms with E-state index in [1.54, 1.807) is 29.4 Å². The van der Waals surface area contributed by atoms with Crippen molar-refractivity contribution in [1.82, 2.24) is 24.0 Å². The molecule has 9 nitrogen and oxygen atoms in total. The van der Waals surface area contributed by atoms with Crippen LogP contribution in [0.5, 0.6) is 5.75 Å². The van der Waals surface area contributed by atoms with Gasteiger partial charge in [0, 0.05) is 32.7 Å². The van der Waals surface area contributed by atoms with Crippen molar-refractivity contribution in [2.24, 2.45) is 0 Å². The van der Waals surface area contributed by atoms with Crippen LogP contribution in [0.4, 0.5) is 0 Å². The molecular weight excluding hydrogens is 414 g/mol. The maximum Gasteiger partial charge on any atom is 0.243 e. The second-order valence-electron chi connectivity index (χ2n) is 6.30. The number of thioether (sulfide) groups is 1. The molecule has 1 aromatic heterocycles. The van der Waals surface area contributed by atoms with Gasteiger partial charge >= 0.3 is 0 Å². The van der Waals surface area contributed by atoms with Crippen LogP contribution in [0.1, 0.15) is 0 Å². The number of hydrogen-bond acceptors (Lipinski definition) is 7. The summed E-state index contributed by atoms with van der Waals surface area (Å²) in [6.07, 6.45) is 3.33. The lowest BCUT2D eigenvalue weighted by atomic mass is 10.3. The zero-order valence-electron chi connectivity index (χ0n) is 16.1. The lowest BCUT2D eigenvalue weighted by Gasteiger charge is -2.34. The molecule has 0 bridgehead atoms. The summed E-state index contributed by atoms with van der Waals surface area (Å²) >= 11 is 1.31. The van der Waals surface area contributed by atoms with Crippen molar-refractivity contribution < 1.29 is 17.9 Å². The van der Waals surface area contributed by atoms with Gasteiger partial charge < -0.3 is 14.2 Å². The van der Waals surface area contributed by atoms with E-state index in [9.17, 15) is 13.2 Å². The second-order valence-corrected chi connectivity index (χ2v) is 9.18. The Bertz CT molecular complexity index is 951. The van der Waals surface area contributed by atoms with Crippen molar-refractivity contribution in [2.45, 2.75) is 16.6 Å². The smallest absolute Gasteiger partial charge is 0.243 e. The van der Waals surface area contributed by atoms with Crippen LogP contribution in [0.3, 0.4) is 0 Å². The summed E-state index contributed by atoms with van der Waals surface area (Å²) in [6.45, 7) is 5.49. The molecule has 11 heteroatoms. The highest BCUT2D eigenvalue weighted by Gasteiger charge is 2.30. The topological polar surface area (TPSA) is 97.6 Å². The summed E-state index contributed by atoms with van der Waals surface area (Å²) in [5, 5.41) is 8.50. The van der Waals surface area contributed by atoms with E-state index < -0.39 is 10.0 Å². The molecule has 29 heavy (non-hydrogen) atoms. The second kappa shape index (κ2) is 9.42. The summed E-state index contributed by atoms with van der Waals surface area (Å²) in [4.78, 5) is 14.4. The molecule has 1 aliphatic heterocycles. The van der Waals surface area contributed by atoms with Crippen molar-refractivity contribution in [3.8, 4) is 5.75 Å². The number of methoxy groups -OCH3 is 1. The zero-order valence-corrected chi connectivity index (χ0v) is 17.7. The standard InChI is InChI=1S/C18H23N5O4S2/c1-3-8-22-14-19-20-18(22)28-13-17(24)21-9-11-23(12-10-21)29(25,26)16-6-4-15(27-2)5-7-16/h3-7,14H,1,8-13H2,2H3.